The third-order valence-electron chi connectivity index (χ3n) is 14.2. The highest BCUT2D eigenvalue weighted by atomic mass is 16.6. The van der Waals surface area contributed by atoms with Crippen LogP contribution in [0, 0.1) is 0 Å². The van der Waals surface area contributed by atoms with E-state index in [1.54, 1.807) is 0 Å². The zero-order valence-corrected chi connectivity index (χ0v) is 52.8. The van der Waals surface area contributed by atoms with E-state index in [1.165, 1.54) is 122 Å². The van der Waals surface area contributed by atoms with Gasteiger partial charge in [0.1, 0.15) is 13.2 Å². The fourth-order valence-corrected chi connectivity index (χ4v) is 9.18. The molecule has 0 N–H and O–H groups in total. The fourth-order valence-electron chi connectivity index (χ4n) is 9.18. The number of ether oxygens (including phenoxy) is 3. The van der Waals surface area contributed by atoms with Gasteiger partial charge in [0.15, 0.2) is 6.10 Å². The third-order valence-corrected chi connectivity index (χ3v) is 14.2. The molecule has 0 aliphatic rings. The van der Waals surface area contributed by atoms with E-state index in [2.05, 4.69) is 154 Å². The molecule has 0 bridgehead atoms. The molecule has 0 fully saturated rings. The maximum absolute atomic E-state index is 12.8. The number of hydrogen-bond donors (Lipinski definition) is 0. The van der Waals surface area contributed by atoms with Crippen molar-refractivity contribution in [1.82, 2.24) is 0 Å². The van der Waals surface area contributed by atoms with Crippen molar-refractivity contribution < 1.29 is 28.6 Å². The predicted octanol–water partition coefficient (Wildman–Crippen LogP) is 23.3. The summed E-state index contributed by atoms with van der Waals surface area (Å²) >= 11 is 0. The Kier molecular flexibility index (Phi) is 64.3. The summed E-state index contributed by atoms with van der Waals surface area (Å²) in [6, 6.07) is 0. The Morgan fingerprint density at radius 1 is 0.259 bits per heavy atom. The second-order valence-electron chi connectivity index (χ2n) is 22.0. The van der Waals surface area contributed by atoms with Crippen LogP contribution in [0.5, 0.6) is 0 Å². The van der Waals surface area contributed by atoms with Crippen LogP contribution in [0.25, 0.3) is 0 Å². The van der Waals surface area contributed by atoms with Crippen molar-refractivity contribution in [3.63, 3.8) is 0 Å². The van der Waals surface area contributed by atoms with Gasteiger partial charge in [0, 0.05) is 19.3 Å². The first-order chi connectivity index (χ1) is 40.0. The van der Waals surface area contributed by atoms with Crippen molar-refractivity contribution in [1.29, 1.82) is 0 Å². The minimum Gasteiger partial charge on any atom is -0.462 e. The van der Waals surface area contributed by atoms with Crippen LogP contribution in [-0.2, 0) is 28.6 Å². The Hall–Kier alpha value is -4.45. The minimum atomic E-state index is -0.781. The van der Waals surface area contributed by atoms with E-state index in [-0.39, 0.29) is 31.1 Å². The van der Waals surface area contributed by atoms with E-state index in [1.807, 2.05) is 0 Å². The lowest BCUT2D eigenvalue weighted by molar-refractivity contribution is -0.167. The van der Waals surface area contributed by atoms with Crippen LogP contribution in [0.1, 0.15) is 303 Å². The zero-order valence-electron chi connectivity index (χ0n) is 52.8. The van der Waals surface area contributed by atoms with Gasteiger partial charge in [-0.3, -0.25) is 14.4 Å². The van der Waals surface area contributed by atoms with Crippen LogP contribution in [0.3, 0.4) is 0 Å². The largest absolute Gasteiger partial charge is 0.462 e. The maximum Gasteiger partial charge on any atom is 0.306 e. The molecule has 0 aliphatic carbocycles. The molecule has 0 aromatic carbocycles. The Balaban J connectivity index is 4.02. The van der Waals surface area contributed by atoms with E-state index in [0.717, 1.165) is 141 Å². The van der Waals surface area contributed by atoms with E-state index >= 15 is 0 Å². The summed E-state index contributed by atoms with van der Waals surface area (Å²) in [7, 11) is 0. The standard InChI is InChI=1S/C75H124O6/c1-4-7-10-13-15-17-19-21-23-25-27-29-31-33-34-35-36-37-38-39-40-42-43-45-47-49-51-53-55-57-59-62-65-68-74(77)80-71-72(70-79-73(76)67-64-61-12-9-6-3)81-75(78)69-66-63-60-58-56-54-52-50-48-46-44-41-32-30-28-26-24-22-20-18-16-14-11-8-5-2/h7-8,10-11,15-18,21-24,27-30,33-34,36-37,41,44,72H,4-6,9,12-14,19-20,25-26,31-32,35,38-40,42-43,45-71H2,1-3H3/b10-7-,11-8-,17-15-,18-16-,23-21-,24-22-,29-27-,30-28-,34-33-,37-36-,44-41-. The molecule has 0 aromatic heterocycles. The van der Waals surface area contributed by atoms with Gasteiger partial charge in [-0.2, -0.15) is 0 Å². The van der Waals surface area contributed by atoms with Gasteiger partial charge in [-0.15, -0.1) is 0 Å². The SMILES string of the molecule is CC/C=C\C/C=C\C/C=C\C/C=C\C/C=C\C/C=C\CCCCCCCCCCCCCCCCC(=O)OCC(COC(=O)CCCCCCC)OC(=O)CCCCCCCCCCC/C=C\C/C=C\C/C=C\C/C=C\C/C=C\CC. The van der Waals surface area contributed by atoms with Gasteiger partial charge in [0.2, 0.25) is 0 Å². The lowest BCUT2D eigenvalue weighted by atomic mass is 10.0. The van der Waals surface area contributed by atoms with Gasteiger partial charge >= 0.3 is 17.9 Å². The monoisotopic (exact) mass is 1120 g/mol. The first kappa shape index (κ1) is 76.5. The molecule has 0 aromatic rings. The molecule has 1 unspecified atom stereocenters. The van der Waals surface area contributed by atoms with E-state index in [4.69, 9.17) is 14.2 Å². The van der Waals surface area contributed by atoms with Gasteiger partial charge in [0.25, 0.3) is 0 Å². The first-order valence-corrected chi connectivity index (χ1v) is 33.7. The number of rotatable bonds is 60. The third kappa shape index (κ3) is 66.2. The quantitative estimate of drug-likeness (QED) is 0.0261. The summed E-state index contributed by atoms with van der Waals surface area (Å²) in [5.74, 6) is -0.898. The highest BCUT2D eigenvalue weighted by Crippen LogP contribution is 2.16. The highest BCUT2D eigenvalue weighted by Gasteiger charge is 2.19. The molecule has 6 nitrogen and oxygen atoms in total. The number of carbonyl (C=O) groups excluding carboxylic acids is 3. The van der Waals surface area contributed by atoms with Crippen molar-refractivity contribution in [3.8, 4) is 0 Å². The molecule has 81 heavy (non-hydrogen) atoms. The molecule has 0 rings (SSSR count). The zero-order chi connectivity index (χ0) is 58.5. The Labute approximate surface area is 500 Å². The minimum absolute atomic E-state index is 0.0816. The molecular formula is C75H124O6. The van der Waals surface area contributed by atoms with Crippen LogP contribution in [0.2, 0.25) is 0 Å². The lowest BCUT2D eigenvalue weighted by Crippen LogP contribution is -2.30. The molecule has 0 saturated heterocycles. The molecule has 0 spiro atoms. The van der Waals surface area contributed by atoms with E-state index in [0.29, 0.717) is 19.3 Å². The summed E-state index contributed by atoms with van der Waals surface area (Å²) in [5.41, 5.74) is 0. The Morgan fingerprint density at radius 3 is 0.753 bits per heavy atom. The van der Waals surface area contributed by atoms with Crippen LogP contribution in [0.15, 0.2) is 134 Å². The highest BCUT2D eigenvalue weighted by molar-refractivity contribution is 5.71. The second kappa shape index (κ2) is 68.1. The average Bonchev–Trinajstić information content (AvgIpc) is 3.47. The maximum atomic E-state index is 12.8. The molecule has 0 radical (unpaired) electrons. The Bertz CT molecular complexity index is 1720. The molecule has 1 atom stereocenters. The summed E-state index contributed by atoms with van der Waals surface area (Å²) < 4.78 is 16.8. The molecule has 0 saturated carbocycles. The summed E-state index contributed by atoms with van der Waals surface area (Å²) in [6.45, 7) is 6.34. The summed E-state index contributed by atoms with van der Waals surface area (Å²) in [5, 5.41) is 0. The Morgan fingerprint density at radius 2 is 0.481 bits per heavy atom. The number of carbonyl (C=O) groups is 3. The lowest BCUT2D eigenvalue weighted by Gasteiger charge is -2.18. The number of esters is 3. The molecule has 0 aliphatic heterocycles. The van der Waals surface area contributed by atoms with Crippen LogP contribution in [-0.4, -0.2) is 37.2 Å². The van der Waals surface area contributed by atoms with Gasteiger partial charge in [-0.25, -0.2) is 0 Å². The fraction of sp³-hybridized carbons (Fsp3) is 0.667. The summed E-state index contributed by atoms with van der Waals surface area (Å²) in [4.78, 5) is 38.0. The normalized spacial score (nSPS) is 13.0. The molecule has 0 amide bonds. The van der Waals surface area contributed by atoms with E-state index < -0.39 is 6.10 Å². The van der Waals surface area contributed by atoms with Gasteiger partial charge in [0.05, 0.1) is 0 Å². The number of hydrogen-bond acceptors (Lipinski definition) is 6. The number of allylic oxidation sites excluding steroid dienone is 22. The van der Waals surface area contributed by atoms with Crippen LogP contribution >= 0.6 is 0 Å². The van der Waals surface area contributed by atoms with Crippen molar-refractivity contribution in [2.24, 2.45) is 0 Å². The molecule has 0 heterocycles. The van der Waals surface area contributed by atoms with Crippen molar-refractivity contribution in [3.05, 3.63) is 134 Å². The van der Waals surface area contributed by atoms with Gasteiger partial charge in [-0.1, -0.05) is 302 Å². The van der Waals surface area contributed by atoms with Crippen molar-refractivity contribution >= 4 is 17.9 Å². The van der Waals surface area contributed by atoms with Gasteiger partial charge in [-0.05, 0) is 116 Å². The molecule has 460 valence electrons. The predicted molar refractivity (Wildman–Crippen MR) is 353 cm³/mol. The second-order valence-corrected chi connectivity index (χ2v) is 22.0. The number of unbranched alkanes of at least 4 members (excludes halogenated alkanes) is 27. The molecule has 6 heteroatoms. The average molecular weight is 1120 g/mol. The molecular weight excluding hydrogens is 997 g/mol. The first-order valence-electron chi connectivity index (χ1n) is 33.7. The van der Waals surface area contributed by atoms with Gasteiger partial charge < -0.3 is 14.2 Å². The smallest absolute Gasteiger partial charge is 0.306 e. The topological polar surface area (TPSA) is 78.9 Å². The van der Waals surface area contributed by atoms with Crippen molar-refractivity contribution in [2.75, 3.05) is 13.2 Å². The van der Waals surface area contributed by atoms with E-state index in [9.17, 15) is 14.4 Å². The van der Waals surface area contributed by atoms with Crippen LogP contribution < -0.4 is 0 Å². The van der Waals surface area contributed by atoms with Crippen molar-refractivity contribution in [2.45, 2.75) is 309 Å². The van der Waals surface area contributed by atoms with Crippen LogP contribution in [0.4, 0.5) is 0 Å². The summed E-state index contributed by atoms with van der Waals surface area (Å²) in [6.07, 6.45) is 96.6.